The molecule has 3 radical (unpaired) electrons. The van der Waals surface area contributed by atoms with E-state index in [4.69, 9.17) is 0 Å². The Morgan fingerprint density at radius 1 is 1.43 bits per heavy atom. The Kier molecular flexibility index (Phi) is 3.29. The first-order chi connectivity index (χ1) is 3.06. The van der Waals surface area contributed by atoms with Crippen molar-refractivity contribution < 1.29 is 0 Å². The van der Waals surface area contributed by atoms with Crippen LogP contribution in [0.2, 0.25) is 3.43 Å². The summed E-state index contributed by atoms with van der Waals surface area (Å²) in [5, 5.41) is 0. The van der Waals surface area contributed by atoms with E-state index in [2.05, 4.69) is 20.8 Å². The SMILES string of the molecule is CCC[C](C)(C)[Sn]. The van der Waals surface area contributed by atoms with Crippen molar-refractivity contribution in [3.63, 3.8) is 0 Å². The Balaban J connectivity index is 3.15. The molecular weight excluding hydrogens is 191 g/mol. The fraction of sp³-hybridized carbons (Fsp3) is 1.00. The van der Waals surface area contributed by atoms with Crippen LogP contribution in [0.25, 0.3) is 0 Å². The zero-order valence-corrected chi connectivity index (χ0v) is 8.27. The van der Waals surface area contributed by atoms with Gasteiger partial charge >= 0.3 is 59.6 Å². The maximum atomic E-state index is 2.31. The van der Waals surface area contributed by atoms with E-state index >= 15 is 0 Å². The molecule has 0 saturated heterocycles. The summed E-state index contributed by atoms with van der Waals surface area (Å²) in [5.41, 5.74) is 0. The van der Waals surface area contributed by atoms with Gasteiger partial charge in [0.15, 0.2) is 0 Å². The van der Waals surface area contributed by atoms with Crippen molar-refractivity contribution >= 4 is 22.5 Å². The van der Waals surface area contributed by atoms with Crippen LogP contribution < -0.4 is 0 Å². The van der Waals surface area contributed by atoms with Gasteiger partial charge in [-0.3, -0.25) is 0 Å². The third-order valence-electron chi connectivity index (χ3n) is 0.875. The fourth-order valence-electron chi connectivity index (χ4n) is 0.625. The second kappa shape index (κ2) is 2.95. The van der Waals surface area contributed by atoms with Crippen LogP contribution in [0.15, 0.2) is 0 Å². The zero-order chi connectivity index (χ0) is 5.91. The van der Waals surface area contributed by atoms with Gasteiger partial charge in [-0.15, -0.1) is 0 Å². The summed E-state index contributed by atoms with van der Waals surface area (Å²) in [6.45, 7) is 6.87. The maximum absolute atomic E-state index is 2.31. The van der Waals surface area contributed by atoms with Crippen molar-refractivity contribution in [3.05, 3.63) is 0 Å². The predicted octanol–water partition coefficient (Wildman–Crippen LogP) is 2.15. The summed E-state index contributed by atoms with van der Waals surface area (Å²) >= 11 is 1.67. The van der Waals surface area contributed by atoms with Crippen molar-refractivity contribution in [2.24, 2.45) is 0 Å². The van der Waals surface area contributed by atoms with Crippen molar-refractivity contribution in [1.29, 1.82) is 0 Å². The monoisotopic (exact) mass is 205 g/mol. The van der Waals surface area contributed by atoms with Crippen LogP contribution in [0, 0.1) is 0 Å². The van der Waals surface area contributed by atoms with Crippen LogP contribution in [-0.2, 0) is 0 Å². The second-order valence-electron chi connectivity index (χ2n) is 2.63. The molecule has 0 aromatic heterocycles. The molecule has 0 rings (SSSR count). The summed E-state index contributed by atoms with van der Waals surface area (Å²) in [6.07, 6.45) is 2.71. The number of hydrogen-bond donors (Lipinski definition) is 0. The molecule has 0 N–H and O–H groups in total. The minimum atomic E-state index is 0.640. The molecule has 0 aromatic rings. The molecule has 0 atom stereocenters. The molecule has 0 spiro atoms. The van der Waals surface area contributed by atoms with E-state index in [9.17, 15) is 0 Å². The van der Waals surface area contributed by atoms with E-state index in [-0.39, 0.29) is 0 Å². The first-order valence-corrected chi connectivity index (χ1v) is 4.24. The molecule has 0 aromatic carbocycles. The minimum absolute atomic E-state index is 0.640. The van der Waals surface area contributed by atoms with Crippen LogP contribution in [0.3, 0.4) is 0 Å². The Bertz CT molecular complexity index is 42.6. The van der Waals surface area contributed by atoms with Crippen LogP contribution >= 0.6 is 0 Å². The molecule has 41 valence electrons. The number of rotatable bonds is 2. The predicted molar refractivity (Wildman–Crippen MR) is 34.7 cm³/mol. The standard InChI is InChI=1S/C6H13.Sn/c1-4-5-6(2)3;/h4-5H2,1-3H3;. The normalized spacial score (nSPS) is 12.0. The second-order valence-corrected chi connectivity index (χ2v) is 6.50. The quantitative estimate of drug-likeness (QED) is 0.604. The first-order valence-electron chi connectivity index (χ1n) is 2.81. The molecule has 0 fully saturated rings. The van der Waals surface area contributed by atoms with Crippen LogP contribution in [0.4, 0.5) is 0 Å². The molecule has 0 unspecified atom stereocenters. The molecule has 0 aliphatic heterocycles. The van der Waals surface area contributed by atoms with Crippen molar-refractivity contribution in [2.75, 3.05) is 0 Å². The van der Waals surface area contributed by atoms with Crippen LogP contribution in [-0.4, -0.2) is 22.5 Å². The Hall–Kier alpha value is 0.799. The molecule has 0 saturated carbocycles. The summed E-state index contributed by atoms with van der Waals surface area (Å²) in [7, 11) is 0. The fourth-order valence-corrected chi connectivity index (χ4v) is 1.34. The van der Waals surface area contributed by atoms with Gasteiger partial charge in [0, 0.05) is 0 Å². The Labute approximate surface area is 59.8 Å². The number of hydrogen-bond acceptors (Lipinski definition) is 0. The van der Waals surface area contributed by atoms with Crippen molar-refractivity contribution in [1.82, 2.24) is 0 Å². The van der Waals surface area contributed by atoms with E-state index in [1.165, 1.54) is 12.8 Å². The van der Waals surface area contributed by atoms with Gasteiger partial charge in [0.25, 0.3) is 0 Å². The Morgan fingerprint density at radius 3 is 1.86 bits per heavy atom. The van der Waals surface area contributed by atoms with Gasteiger partial charge < -0.3 is 0 Å². The molecule has 0 amide bonds. The van der Waals surface area contributed by atoms with Gasteiger partial charge in [-0.25, -0.2) is 0 Å². The molecule has 0 aliphatic carbocycles. The van der Waals surface area contributed by atoms with Crippen molar-refractivity contribution in [2.45, 2.75) is 37.0 Å². The molecule has 1 heteroatoms. The first kappa shape index (κ1) is 7.80. The molecule has 0 nitrogen and oxygen atoms in total. The van der Waals surface area contributed by atoms with Gasteiger partial charge in [-0.05, 0) is 0 Å². The summed E-state index contributed by atoms with van der Waals surface area (Å²) in [6, 6.07) is 0. The molecule has 7 heavy (non-hydrogen) atoms. The summed E-state index contributed by atoms with van der Waals surface area (Å²) in [4.78, 5) is 0. The van der Waals surface area contributed by atoms with E-state index < -0.39 is 0 Å². The molecular formula is C6H13Sn. The zero-order valence-electron chi connectivity index (χ0n) is 5.41. The average molecular weight is 204 g/mol. The average Bonchev–Trinajstić information content (AvgIpc) is 1.30. The van der Waals surface area contributed by atoms with E-state index in [0.717, 1.165) is 0 Å². The van der Waals surface area contributed by atoms with Crippen LogP contribution in [0.1, 0.15) is 33.6 Å². The van der Waals surface area contributed by atoms with Gasteiger partial charge in [0.1, 0.15) is 0 Å². The van der Waals surface area contributed by atoms with Gasteiger partial charge in [-0.1, -0.05) is 0 Å². The molecule has 0 heterocycles. The van der Waals surface area contributed by atoms with E-state index in [1.54, 1.807) is 22.5 Å². The van der Waals surface area contributed by atoms with Crippen LogP contribution in [0.5, 0.6) is 0 Å². The Morgan fingerprint density at radius 2 is 1.86 bits per heavy atom. The van der Waals surface area contributed by atoms with Gasteiger partial charge in [0.05, 0.1) is 0 Å². The molecule has 0 aliphatic rings. The van der Waals surface area contributed by atoms with Crippen molar-refractivity contribution in [3.8, 4) is 0 Å². The summed E-state index contributed by atoms with van der Waals surface area (Å²) in [5.74, 6) is 0. The van der Waals surface area contributed by atoms with Gasteiger partial charge in [0.2, 0.25) is 0 Å². The third kappa shape index (κ3) is 6.80. The third-order valence-corrected chi connectivity index (χ3v) is 1.59. The van der Waals surface area contributed by atoms with Gasteiger partial charge in [-0.2, -0.15) is 0 Å². The van der Waals surface area contributed by atoms with E-state index in [1.807, 2.05) is 0 Å². The topological polar surface area (TPSA) is 0 Å². The van der Waals surface area contributed by atoms with E-state index in [0.29, 0.717) is 3.43 Å². The molecule has 0 bridgehead atoms. The summed E-state index contributed by atoms with van der Waals surface area (Å²) < 4.78 is 0.640.